The predicted octanol–water partition coefficient (Wildman–Crippen LogP) is 4.66. The summed E-state index contributed by atoms with van der Waals surface area (Å²) in [5, 5.41) is 2.94. The van der Waals surface area contributed by atoms with Crippen LogP contribution in [0.2, 0.25) is 0 Å². The second-order valence-corrected chi connectivity index (χ2v) is 7.45. The largest absolute Gasteiger partial charge is 0.324 e. The zero-order valence-electron chi connectivity index (χ0n) is 16.6. The second kappa shape index (κ2) is 9.01. The van der Waals surface area contributed by atoms with Gasteiger partial charge in [0.15, 0.2) is 5.78 Å². The van der Waals surface area contributed by atoms with E-state index in [4.69, 9.17) is 0 Å². The molecule has 1 saturated heterocycles. The average Bonchev–Trinajstić information content (AvgIpc) is 3.24. The van der Waals surface area contributed by atoms with Gasteiger partial charge in [-0.3, -0.25) is 14.5 Å². The first kappa shape index (κ1) is 20.0. The van der Waals surface area contributed by atoms with Gasteiger partial charge in [-0.2, -0.15) is 0 Å². The summed E-state index contributed by atoms with van der Waals surface area (Å²) in [5.74, 6) is -0.569. The molecule has 1 heterocycles. The first-order chi connectivity index (χ1) is 14.6. The maximum absolute atomic E-state index is 14.1. The van der Waals surface area contributed by atoms with Gasteiger partial charge in [0.2, 0.25) is 5.91 Å². The Kier molecular flexibility index (Phi) is 6.00. The normalized spacial score (nSPS) is 16.4. The van der Waals surface area contributed by atoms with Crippen LogP contribution in [0.15, 0.2) is 78.9 Å². The Morgan fingerprint density at radius 1 is 0.933 bits per heavy atom. The van der Waals surface area contributed by atoms with Crippen molar-refractivity contribution in [1.29, 1.82) is 0 Å². The highest BCUT2D eigenvalue weighted by Crippen LogP contribution is 2.24. The highest BCUT2D eigenvalue weighted by Gasteiger charge is 2.31. The number of benzene rings is 3. The highest BCUT2D eigenvalue weighted by atomic mass is 19.1. The molecule has 4 nitrogen and oxygen atoms in total. The van der Waals surface area contributed by atoms with Crippen LogP contribution >= 0.6 is 0 Å². The number of hydrogen-bond acceptors (Lipinski definition) is 3. The smallest absolute Gasteiger partial charge is 0.241 e. The molecule has 0 saturated carbocycles. The van der Waals surface area contributed by atoms with Gasteiger partial charge >= 0.3 is 0 Å². The Morgan fingerprint density at radius 2 is 1.63 bits per heavy atom. The fourth-order valence-corrected chi connectivity index (χ4v) is 3.91. The molecule has 0 aliphatic carbocycles. The molecule has 3 aromatic rings. The van der Waals surface area contributed by atoms with E-state index in [9.17, 15) is 14.0 Å². The zero-order valence-corrected chi connectivity index (χ0v) is 16.6. The molecule has 0 bridgehead atoms. The molecule has 0 aromatic heterocycles. The SMILES string of the molecule is O=C(c1ccccc1)c1ccccc1NC(=O)C1CCCN1Cc1ccccc1F. The quantitative estimate of drug-likeness (QED) is 0.610. The van der Waals surface area contributed by atoms with Crippen molar-refractivity contribution in [1.82, 2.24) is 4.90 Å². The number of rotatable bonds is 6. The molecule has 3 aromatic carbocycles. The fraction of sp³-hybridized carbons (Fsp3) is 0.200. The lowest BCUT2D eigenvalue weighted by Gasteiger charge is -2.24. The van der Waals surface area contributed by atoms with Crippen LogP contribution in [0, 0.1) is 5.82 Å². The molecule has 1 fully saturated rings. The van der Waals surface area contributed by atoms with Crippen molar-refractivity contribution in [2.24, 2.45) is 0 Å². The van der Waals surface area contributed by atoms with E-state index in [1.54, 1.807) is 54.6 Å². The Balaban J connectivity index is 1.51. The van der Waals surface area contributed by atoms with Gasteiger partial charge < -0.3 is 5.32 Å². The molecule has 0 radical (unpaired) electrons. The number of ketones is 1. The van der Waals surface area contributed by atoms with Crippen LogP contribution in [-0.2, 0) is 11.3 Å². The van der Waals surface area contributed by atoms with Crippen molar-refractivity contribution in [2.45, 2.75) is 25.4 Å². The summed E-state index contributed by atoms with van der Waals surface area (Å²) in [5.41, 5.74) is 2.10. The molecule has 0 spiro atoms. The maximum atomic E-state index is 14.1. The van der Waals surface area contributed by atoms with E-state index < -0.39 is 0 Å². The lowest BCUT2D eigenvalue weighted by atomic mass is 10.0. The second-order valence-electron chi connectivity index (χ2n) is 7.45. The van der Waals surface area contributed by atoms with E-state index in [1.165, 1.54) is 6.07 Å². The minimum atomic E-state index is -0.357. The van der Waals surface area contributed by atoms with Gasteiger partial charge in [0.1, 0.15) is 5.82 Å². The van der Waals surface area contributed by atoms with Crippen molar-refractivity contribution in [3.05, 3.63) is 101 Å². The third-order valence-corrected chi connectivity index (χ3v) is 5.46. The first-order valence-corrected chi connectivity index (χ1v) is 10.1. The van der Waals surface area contributed by atoms with E-state index in [0.717, 1.165) is 13.0 Å². The topological polar surface area (TPSA) is 49.4 Å². The number of halogens is 1. The molecule has 152 valence electrons. The van der Waals surface area contributed by atoms with Crippen LogP contribution in [0.4, 0.5) is 10.1 Å². The van der Waals surface area contributed by atoms with Crippen molar-refractivity contribution in [3.8, 4) is 0 Å². The van der Waals surface area contributed by atoms with Gasteiger partial charge in [-0.25, -0.2) is 4.39 Å². The molecule has 1 amide bonds. The standard InChI is InChI=1S/C25H23FN2O2/c26-21-13-6-4-11-19(21)17-28-16-8-15-23(28)25(30)27-22-14-7-5-12-20(22)24(29)18-9-2-1-3-10-18/h1-7,9-14,23H,8,15-17H2,(H,27,30). The maximum Gasteiger partial charge on any atom is 0.241 e. The third-order valence-electron chi connectivity index (χ3n) is 5.46. The van der Waals surface area contributed by atoms with E-state index in [1.807, 2.05) is 23.1 Å². The van der Waals surface area contributed by atoms with Crippen LogP contribution in [0.25, 0.3) is 0 Å². The molecule has 1 unspecified atom stereocenters. The molecular weight excluding hydrogens is 379 g/mol. The lowest BCUT2D eigenvalue weighted by molar-refractivity contribution is -0.120. The molecule has 1 aliphatic rings. The Bertz CT molecular complexity index is 1050. The van der Waals surface area contributed by atoms with Crippen LogP contribution < -0.4 is 5.32 Å². The highest BCUT2D eigenvalue weighted by molar-refractivity contribution is 6.14. The number of carbonyl (C=O) groups excluding carboxylic acids is 2. The Morgan fingerprint density at radius 3 is 2.43 bits per heavy atom. The van der Waals surface area contributed by atoms with E-state index >= 15 is 0 Å². The van der Waals surface area contributed by atoms with Crippen molar-refractivity contribution in [2.75, 3.05) is 11.9 Å². The molecule has 1 N–H and O–H groups in total. The number of amides is 1. The predicted molar refractivity (Wildman–Crippen MR) is 115 cm³/mol. The van der Waals surface area contributed by atoms with E-state index in [2.05, 4.69) is 5.32 Å². The summed E-state index contributed by atoms with van der Waals surface area (Å²) >= 11 is 0. The average molecular weight is 402 g/mol. The minimum Gasteiger partial charge on any atom is -0.324 e. The number of para-hydroxylation sites is 1. The molecule has 30 heavy (non-hydrogen) atoms. The number of nitrogens with one attached hydrogen (secondary N) is 1. The van der Waals surface area contributed by atoms with Crippen LogP contribution in [-0.4, -0.2) is 29.2 Å². The van der Waals surface area contributed by atoms with Gasteiger partial charge in [-0.15, -0.1) is 0 Å². The summed E-state index contributed by atoms with van der Waals surface area (Å²) < 4.78 is 14.1. The van der Waals surface area contributed by atoms with Gasteiger partial charge in [0.05, 0.1) is 11.7 Å². The van der Waals surface area contributed by atoms with Gasteiger partial charge in [-0.1, -0.05) is 60.7 Å². The number of hydrogen-bond donors (Lipinski definition) is 1. The van der Waals surface area contributed by atoms with Gasteiger partial charge in [-0.05, 0) is 37.6 Å². The minimum absolute atomic E-state index is 0.138. The van der Waals surface area contributed by atoms with Crippen molar-refractivity contribution >= 4 is 17.4 Å². The van der Waals surface area contributed by atoms with Crippen LogP contribution in [0.3, 0.4) is 0 Å². The monoisotopic (exact) mass is 402 g/mol. The number of anilines is 1. The summed E-state index contributed by atoms with van der Waals surface area (Å²) in [6.45, 7) is 1.12. The van der Waals surface area contributed by atoms with Crippen molar-refractivity contribution in [3.63, 3.8) is 0 Å². The zero-order chi connectivity index (χ0) is 20.9. The molecule has 1 atom stereocenters. The summed E-state index contributed by atoms with van der Waals surface area (Å²) in [4.78, 5) is 28.0. The summed E-state index contributed by atoms with van der Waals surface area (Å²) in [7, 11) is 0. The molecule has 5 heteroatoms. The van der Waals surface area contributed by atoms with Crippen LogP contribution in [0.1, 0.15) is 34.3 Å². The summed E-state index contributed by atoms with van der Waals surface area (Å²) in [6, 6.07) is 22.3. The molecule has 4 rings (SSSR count). The third kappa shape index (κ3) is 4.31. The van der Waals surface area contributed by atoms with Crippen molar-refractivity contribution < 1.29 is 14.0 Å². The Labute approximate surface area is 175 Å². The molecular formula is C25H23FN2O2. The van der Waals surface area contributed by atoms with E-state index in [0.29, 0.717) is 35.3 Å². The van der Waals surface area contributed by atoms with Gasteiger partial charge in [0.25, 0.3) is 0 Å². The van der Waals surface area contributed by atoms with E-state index in [-0.39, 0.29) is 23.5 Å². The number of carbonyl (C=O) groups is 2. The van der Waals surface area contributed by atoms with Gasteiger partial charge in [0, 0.05) is 23.2 Å². The molecule has 1 aliphatic heterocycles. The summed E-state index contributed by atoms with van der Waals surface area (Å²) in [6.07, 6.45) is 1.58. The number of likely N-dealkylation sites (tertiary alicyclic amines) is 1. The fourth-order valence-electron chi connectivity index (χ4n) is 3.91. The number of nitrogens with zero attached hydrogens (tertiary/aromatic N) is 1. The first-order valence-electron chi connectivity index (χ1n) is 10.1. The lowest BCUT2D eigenvalue weighted by Crippen LogP contribution is -2.39. The van der Waals surface area contributed by atoms with Crippen LogP contribution in [0.5, 0.6) is 0 Å². The Hall–Kier alpha value is -3.31.